The molecule has 0 heterocycles. The topological polar surface area (TPSA) is 78.9 Å². The van der Waals surface area contributed by atoms with Gasteiger partial charge >= 0.3 is 17.9 Å². The Morgan fingerprint density at radius 2 is 0.520 bits per heavy atom. The summed E-state index contributed by atoms with van der Waals surface area (Å²) < 4.78 is 16.9. The Kier molecular flexibility index (Phi) is 59.3. The van der Waals surface area contributed by atoms with Gasteiger partial charge in [0, 0.05) is 19.3 Å². The van der Waals surface area contributed by atoms with Crippen LogP contribution in [0.5, 0.6) is 0 Å². The molecule has 0 aromatic heterocycles. The van der Waals surface area contributed by atoms with E-state index in [0.29, 0.717) is 19.3 Å². The van der Waals surface area contributed by atoms with E-state index in [-0.39, 0.29) is 31.1 Å². The maximum atomic E-state index is 12.9. The second-order valence-electron chi connectivity index (χ2n) is 20.6. The van der Waals surface area contributed by atoms with E-state index >= 15 is 0 Å². The van der Waals surface area contributed by atoms with Gasteiger partial charge in [-0.2, -0.15) is 0 Å². The lowest BCUT2D eigenvalue weighted by atomic mass is 10.1. The fourth-order valence-electron chi connectivity index (χ4n) is 8.53. The van der Waals surface area contributed by atoms with E-state index < -0.39 is 6.10 Å². The molecule has 0 saturated carbocycles. The normalized spacial score (nSPS) is 12.8. The van der Waals surface area contributed by atoms with Crippen LogP contribution in [0.1, 0.15) is 290 Å². The molecule has 0 fully saturated rings. The Labute approximate surface area is 463 Å². The first-order chi connectivity index (χ1) is 37.0. The predicted octanol–water partition coefficient (Wildman–Crippen LogP) is 21.4. The van der Waals surface area contributed by atoms with Crippen molar-refractivity contribution in [3.63, 3.8) is 0 Å². The minimum atomic E-state index is -0.797. The Morgan fingerprint density at radius 3 is 0.813 bits per heavy atom. The van der Waals surface area contributed by atoms with Crippen LogP contribution in [0, 0.1) is 0 Å². The van der Waals surface area contributed by atoms with Crippen LogP contribution < -0.4 is 0 Å². The molecule has 0 aliphatic heterocycles. The van der Waals surface area contributed by atoms with Gasteiger partial charge in [-0.3, -0.25) is 14.4 Å². The standard InChI is InChI=1S/C69H116O6/c1-4-7-10-13-16-19-22-25-28-31-32-33-34-35-36-37-38-39-42-44-47-50-53-56-59-62-68(71)74-65-66(75-69(72)63-60-57-54-51-48-45-41-30-27-24-21-18-15-12-9-6-3)64-73-67(70)61-58-55-52-49-46-43-40-29-26-23-20-17-14-11-8-5-2/h7,10,16,19-21,23-25,28-30,32-33,35-36,40-41,66H,4-6,8-9,11-15,17-18,22,26-27,31,34,37-39,42-65H2,1-3H3/b10-7-,19-16-,23-20-,24-21-,28-25-,33-32-,36-35-,40-29-,41-30-. The SMILES string of the molecule is CC/C=C\C/C=C\C/C=C\C/C=C\C/C=C\CCCCCCCCCCCC(=O)OCC(COC(=O)CCCCCCC/C=C\C/C=C\CCCCCC)OC(=O)CCCCCCC/C=C\C/C=C\CCCCCC. The van der Waals surface area contributed by atoms with Crippen LogP contribution in [0.3, 0.4) is 0 Å². The Morgan fingerprint density at radius 1 is 0.280 bits per heavy atom. The first-order valence-corrected chi connectivity index (χ1v) is 31.4. The van der Waals surface area contributed by atoms with Crippen molar-refractivity contribution in [3.8, 4) is 0 Å². The van der Waals surface area contributed by atoms with Crippen molar-refractivity contribution >= 4 is 17.9 Å². The number of carbonyl (C=O) groups is 3. The molecule has 0 aliphatic rings. The smallest absolute Gasteiger partial charge is 0.306 e. The lowest BCUT2D eigenvalue weighted by molar-refractivity contribution is -0.167. The molecule has 0 rings (SSSR count). The molecule has 0 spiro atoms. The summed E-state index contributed by atoms with van der Waals surface area (Å²) >= 11 is 0. The summed E-state index contributed by atoms with van der Waals surface area (Å²) in [6.45, 7) is 6.48. The zero-order valence-corrected chi connectivity index (χ0v) is 49.0. The summed E-state index contributed by atoms with van der Waals surface area (Å²) in [5.41, 5.74) is 0. The average molecular weight is 1040 g/mol. The number of allylic oxidation sites excluding steroid dienone is 18. The highest BCUT2D eigenvalue weighted by Crippen LogP contribution is 2.15. The average Bonchev–Trinajstić information content (AvgIpc) is 3.41. The molecule has 0 aliphatic carbocycles. The molecular weight excluding hydrogens is 925 g/mol. The molecule has 0 aromatic carbocycles. The van der Waals surface area contributed by atoms with E-state index in [2.05, 4.69) is 130 Å². The van der Waals surface area contributed by atoms with E-state index in [1.165, 1.54) is 103 Å². The first-order valence-electron chi connectivity index (χ1n) is 31.4. The number of rotatable bonds is 56. The van der Waals surface area contributed by atoms with Gasteiger partial charge in [0.25, 0.3) is 0 Å². The van der Waals surface area contributed by atoms with Gasteiger partial charge in [-0.25, -0.2) is 0 Å². The molecule has 6 nitrogen and oxygen atoms in total. The van der Waals surface area contributed by atoms with Gasteiger partial charge in [0.05, 0.1) is 0 Å². The van der Waals surface area contributed by atoms with Gasteiger partial charge in [0.2, 0.25) is 0 Å². The summed E-state index contributed by atoms with van der Waals surface area (Å²) in [7, 11) is 0. The molecule has 75 heavy (non-hydrogen) atoms. The molecule has 0 bridgehead atoms. The molecule has 0 aromatic rings. The van der Waals surface area contributed by atoms with Gasteiger partial charge in [-0.1, -0.05) is 252 Å². The molecule has 0 saturated heterocycles. The van der Waals surface area contributed by atoms with Crippen molar-refractivity contribution in [3.05, 3.63) is 109 Å². The summed E-state index contributed by atoms with van der Waals surface area (Å²) in [6, 6.07) is 0. The Bertz CT molecular complexity index is 1520. The van der Waals surface area contributed by atoms with Crippen LogP contribution in [0.25, 0.3) is 0 Å². The summed E-state index contributed by atoms with van der Waals surface area (Å²) in [5, 5.41) is 0. The number of unbranched alkanes of at least 4 members (excludes halogenated alkanes) is 27. The third-order valence-electron chi connectivity index (χ3n) is 13.2. The number of hydrogen-bond donors (Lipinski definition) is 0. The van der Waals surface area contributed by atoms with Crippen LogP contribution >= 0.6 is 0 Å². The summed E-state index contributed by atoms with van der Waals surface area (Å²) in [5.74, 6) is -0.920. The highest BCUT2D eigenvalue weighted by atomic mass is 16.6. The second kappa shape index (κ2) is 62.6. The molecule has 1 unspecified atom stereocenters. The number of esters is 3. The summed E-state index contributed by atoms with van der Waals surface area (Å²) in [6.07, 6.45) is 85.1. The van der Waals surface area contributed by atoms with Crippen LogP contribution in [-0.2, 0) is 28.6 Å². The van der Waals surface area contributed by atoms with Crippen molar-refractivity contribution in [2.45, 2.75) is 297 Å². The van der Waals surface area contributed by atoms with E-state index in [1.807, 2.05) is 0 Å². The zero-order chi connectivity index (χ0) is 54.3. The molecule has 428 valence electrons. The van der Waals surface area contributed by atoms with Crippen LogP contribution in [0.4, 0.5) is 0 Å². The maximum absolute atomic E-state index is 12.9. The molecule has 1 atom stereocenters. The van der Waals surface area contributed by atoms with Crippen molar-refractivity contribution in [2.75, 3.05) is 13.2 Å². The van der Waals surface area contributed by atoms with E-state index in [0.717, 1.165) is 148 Å². The Hall–Kier alpha value is -3.93. The largest absolute Gasteiger partial charge is 0.462 e. The van der Waals surface area contributed by atoms with Crippen LogP contribution in [-0.4, -0.2) is 37.2 Å². The minimum absolute atomic E-state index is 0.0923. The van der Waals surface area contributed by atoms with Crippen molar-refractivity contribution in [2.24, 2.45) is 0 Å². The Balaban J connectivity index is 4.39. The van der Waals surface area contributed by atoms with Gasteiger partial charge < -0.3 is 14.2 Å². The lowest BCUT2D eigenvalue weighted by Gasteiger charge is -2.18. The van der Waals surface area contributed by atoms with Crippen molar-refractivity contribution in [1.82, 2.24) is 0 Å². The van der Waals surface area contributed by atoms with E-state index in [4.69, 9.17) is 14.2 Å². The van der Waals surface area contributed by atoms with Gasteiger partial charge in [-0.05, 0) is 128 Å². The van der Waals surface area contributed by atoms with Gasteiger partial charge in [-0.15, -0.1) is 0 Å². The monoisotopic (exact) mass is 1040 g/mol. The quantitative estimate of drug-likeness (QED) is 0.0261. The highest BCUT2D eigenvalue weighted by molar-refractivity contribution is 5.71. The summed E-state index contributed by atoms with van der Waals surface area (Å²) in [4.78, 5) is 38.3. The van der Waals surface area contributed by atoms with Gasteiger partial charge in [0.15, 0.2) is 6.10 Å². The minimum Gasteiger partial charge on any atom is -0.462 e. The fourth-order valence-corrected chi connectivity index (χ4v) is 8.53. The van der Waals surface area contributed by atoms with Crippen LogP contribution in [0.15, 0.2) is 109 Å². The zero-order valence-electron chi connectivity index (χ0n) is 49.0. The molecule has 0 N–H and O–H groups in total. The fraction of sp³-hybridized carbons (Fsp3) is 0.696. The predicted molar refractivity (Wildman–Crippen MR) is 325 cm³/mol. The first kappa shape index (κ1) is 71.1. The third-order valence-corrected chi connectivity index (χ3v) is 13.2. The van der Waals surface area contributed by atoms with Crippen molar-refractivity contribution < 1.29 is 28.6 Å². The molecule has 0 amide bonds. The third kappa shape index (κ3) is 60.8. The van der Waals surface area contributed by atoms with Crippen LogP contribution in [0.2, 0.25) is 0 Å². The number of carbonyl (C=O) groups excluding carboxylic acids is 3. The maximum Gasteiger partial charge on any atom is 0.306 e. The highest BCUT2D eigenvalue weighted by Gasteiger charge is 2.19. The van der Waals surface area contributed by atoms with E-state index in [9.17, 15) is 14.4 Å². The van der Waals surface area contributed by atoms with Gasteiger partial charge in [0.1, 0.15) is 13.2 Å². The number of ether oxygens (including phenoxy) is 3. The number of hydrogen-bond acceptors (Lipinski definition) is 6. The second-order valence-corrected chi connectivity index (χ2v) is 20.6. The molecular formula is C69H116O6. The van der Waals surface area contributed by atoms with E-state index in [1.54, 1.807) is 0 Å². The molecule has 6 heteroatoms. The lowest BCUT2D eigenvalue weighted by Crippen LogP contribution is -2.30. The molecule has 0 radical (unpaired) electrons. The van der Waals surface area contributed by atoms with Crippen molar-refractivity contribution in [1.29, 1.82) is 0 Å².